The molecule has 0 aliphatic carbocycles. The zero-order valence-electron chi connectivity index (χ0n) is 11.4. The highest BCUT2D eigenvalue weighted by Crippen LogP contribution is 2.35. The highest BCUT2D eigenvalue weighted by Gasteiger charge is 2.34. The van der Waals surface area contributed by atoms with Crippen molar-refractivity contribution < 1.29 is 23.0 Å². The summed E-state index contributed by atoms with van der Waals surface area (Å²) in [5.74, 6) is -0.0917. The van der Waals surface area contributed by atoms with E-state index in [-0.39, 0.29) is 11.5 Å². The van der Waals surface area contributed by atoms with Crippen LogP contribution in [0.5, 0.6) is 11.5 Å². The standard InChI is InChI=1S/C15H11F3N2O2/c1-9(11-4-12(21)8-20-7-11)22-13-3-2-10(6-19)14(5-13)15(16,17)18/h2-5,7-9,21H,1H3. The second-order valence-electron chi connectivity index (χ2n) is 4.55. The van der Waals surface area contributed by atoms with E-state index in [1.54, 1.807) is 6.92 Å². The lowest BCUT2D eigenvalue weighted by Crippen LogP contribution is -2.09. The molecule has 1 atom stereocenters. The van der Waals surface area contributed by atoms with Crippen LogP contribution in [0, 0.1) is 11.3 Å². The second kappa shape index (κ2) is 5.93. The van der Waals surface area contributed by atoms with Crippen molar-refractivity contribution in [1.29, 1.82) is 5.26 Å². The topological polar surface area (TPSA) is 66.1 Å². The quantitative estimate of drug-likeness (QED) is 0.936. The molecule has 0 bridgehead atoms. The van der Waals surface area contributed by atoms with E-state index in [4.69, 9.17) is 10.00 Å². The summed E-state index contributed by atoms with van der Waals surface area (Å²) in [7, 11) is 0. The Labute approximate surface area is 124 Å². The molecular weight excluding hydrogens is 297 g/mol. The van der Waals surface area contributed by atoms with Gasteiger partial charge >= 0.3 is 6.18 Å². The summed E-state index contributed by atoms with van der Waals surface area (Å²) >= 11 is 0. The maximum atomic E-state index is 12.9. The molecule has 22 heavy (non-hydrogen) atoms. The van der Waals surface area contributed by atoms with E-state index in [1.807, 2.05) is 0 Å². The Hall–Kier alpha value is -2.75. The Bertz CT molecular complexity index is 723. The van der Waals surface area contributed by atoms with Crippen molar-refractivity contribution in [2.24, 2.45) is 0 Å². The fraction of sp³-hybridized carbons (Fsp3) is 0.200. The summed E-state index contributed by atoms with van der Waals surface area (Å²) in [6.07, 6.45) is -2.58. The van der Waals surface area contributed by atoms with Crippen LogP contribution in [0.2, 0.25) is 0 Å². The normalized spacial score (nSPS) is 12.5. The van der Waals surface area contributed by atoms with Crippen molar-refractivity contribution in [3.63, 3.8) is 0 Å². The van der Waals surface area contributed by atoms with Crippen molar-refractivity contribution in [2.75, 3.05) is 0 Å². The van der Waals surface area contributed by atoms with Gasteiger partial charge in [0.15, 0.2) is 0 Å². The summed E-state index contributed by atoms with van der Waals surface area (Å²) in [5, 5.41) is 18.1. The van der Waals surface area contributed by atoms with Crippen LogP contribution in [0.4, 0.5) is 13.2 Å². The van der Waals surface area contributed by atoms with E-state index in [1.165, 1.54) is 30.6 Å². The summed E-state index contributed by atoms with van der Waals surface area (Å²) < 4.78 is 44.1. The van der Waals surface area contributed by atoms with Gasteiger partial charge in [0.1, 0.15) is 17.6 Å². The molecule has 1 heterocycles. The zero-order valence-corrected chi connectivity index (χ0v) is 11.4. The molecule has 0 amide bonds. The molecule has 2 aromatic rings. The Kier molecular flexibility index (Phi) is 4.22. The lowest BCUT2D eigenvalue weighted by Gasteiger charge is -2.17. The number of aromatic nitrogens is 1. The van der Waals surface area contributed by atoms with E-state index in [9.17, 15) is 18.3 Å². The number of rotatable bonds is 3. The number of pyridine rings is 1. The molecule has 0 radical (unpaired) electrons. The number of hydrogen-bond acceptors (Lipinski definition) is 4. The molecule has 114 valence electrons. The monoisotopic (exact) mass is 308 g/mol. The molecule has 0 aliphatic heterocycles. The van der Waals surface area contributed by atoms with E-state index in [2.05, 4.69) is 4.98 Å². The van der Waals surface area contributed by atoms with Crippen LogP contribution < -0.4 is 4.74 Å². The molecular formula is C15H11F3N2O2. The van der Waals surface area contributed by atoms with Crippen LogP contribution in [0.25, 0.3) is 0 Å². The van der Waals surface area contributed by atoms with E-state index < -0.39 is 23.4 Å². The van der Waals surface area contributed by atoms with Crippen LogP contribution in [0.15, 0.2) is 36.7 Å². The lowest BCUT2D eigenvalue weighted by molar-refractivity contribution is -0.137. The first-order valence-electron chi connectivity index (χ1n) is 6.23. The maximum absolute atomic E-state index is 12.9. The zero-order chi connectivity index (χ0) is 16.3. The summed E-state index contributed by atoms with van der Waals surface area (Å²) in [5.41, 5.74) is -1.00. The average Bonchev–Trinajstić information content (AvgIpc) is 2.46. The molecule has 0 saturated carbocycles. The Balaban J connectivity index is 2.29. The minimum Gasteiger partial charge on any atom is -0.506 e. The average molecular weight is 308 g/mol. The van der Waals surface area contributed by atoms with E-state index >= 15 is 0 Å². The highest BCUT2D eigenvalue weighted by molar-refractivity contribution is 5.44. The number of hydrogen-bond donors (Lipinski definition) is 1. The van der Waals surface area contributed by atoms with E-state index in [0.717, 1.165) is 12.1 Å². The molecule has 1 unspecified atom stereocenters. The molecule has 0 saturated heterocycles. The fourth-order valence-corrected chi connectivity index (χ4v) is 1.87. The first-order chi connectivity index (χ1) is 10.3. The lowest BCUT2D eigenvalue weighted by atomic mass is 10.1. The van der Waals surface area contributed by atoms with Gasteiger partial charge in [-0.3, -0.25) is 4.98 Å². The first-order valence-corrected chi connectivity index (χ1v) is 6.23. The molecule has 0 spiro atoms. The summed E-state index contributed by atoms with van der Waals surface area (Å²) in [4.78, 5) is 3.78. The van der Waals surface area contributed by atoms with Crippen LogP contribution in [0.3, 0.4) is 0 Å². The number of alkyl halides is 3. The number of ether oxygens (including phenoxy) is 1. The molecule has 4 nitrogen and oxygen atoms in total. The molecule has 1 aromatic heterocycles. The minimum atomic E-state index is -4.64. The van der Waals surface area contributed by atoms with Crippen LogP contribution in [-0.4, -0.2) is 10.1 Å². The smallest absolute Gasteiger partial charge is 0.417 e. The Morgan fingerprint density at radius 3 is 2.59 bits per heavy atom. The number of benzene rings is 1. The first kappa shape index (κ1) is 15.6. The van der Waals surface area contributed by atoms with Crippen molar-refractivity contribution in [1.82, 2.24) is 4.98 Å². The van der Waals surface area contributed by atoms with Gasteiger partial charge in [0.25, 0.3) is 0 Å². The molecule has 7 heteroatoms. The third-order valence-electron chi connectivity index (χ3n) is 2.94. The summed E-state index contributed by atoms with van der Waals surface area (Å²) in [6.45, 7) is 1.61. The Morgan fingerprint density at radius 2 is 2.00 bits per heavy atom. The van der Waals surface area contributed by atoms with Crippen molar-refractivity contribution in [2.45, 2.75) is 19.2 Å². The number of nitriles is 1. The predicted molar refractivity (Wildman–Crippen MR) is 71.1 cm³/mol. The molecule has 2 rings (SSSR count). The number of nitrogens with zero attached hydrogens (tertiary/aromatic N) is 2. The molecule has 1 N–H and O–H groups in total. The van der Waals surface area contributed by atoms with Crippen molar-refractivity contribution in [3.05, 3.63) is 53.3 Å². The minimum absolute atomic E-state index is 0.0258. The van der Waals surface area contributed by atoms with Gasteiger partial charge in [0.2, 0.25) is 0 Å². The third kappa shape index (κ3) is 3.47. The largest absolute Gasteiger partial charge is 0.506 e. The van der Waals surface area contributed by atoms with Gasteiger partial charge in [0, 0.05) is 11.8 Å². The number of aromatic hydroxyl groups is 1. The van der Waals surface area contributed by atoms with Gasteiger partial charge in [-0.2, -0.15) is 18.4 Å². The molecule has 0 fully saturated rings. The number of halogens is 3. The van der Waals surface area contributed by atoms with Crippen LogP contribution in [-0.2, 0) is 6.18 Å². The second-order valence-corrected chi connectivity index (χ2v) is 4.55. The predicted octanol–water partition coefficient (Wildman–Crippen LogP) is 3.82. The maximum Gasteiger partial charge on any atom is 0.417 e. The van der Waals surface area contributed by atoms with Crippen LogP contribution in [0.1, 0.15) is 29.7 Å². The van der Waals surface area contributed by atoms with Gasteiger partial charge in [0.05, 0.1) is 23.4 Å². The summed E-state index contributed by atoms with van der Waals surface area (Å²) in [6, 6.07) is 6.05. The SMILES string of the molecule is CC(Oc1ccc(C#N)c(C(F)(F)F)c1)c1cncc(O)c1. The molecule has 1 aromatic carbocycles. The van der Waals surface area contributed by atoms with Gasteiger partial charge in [-0.25, -0.2) is 0 Å². The third-order valence-corrected chi connectivity index (χ3v) is 2.94. The van der Waals surface area contributed by atoms with Crippen molar-refractivity contribution in [3.8, 4) is 17.6 Å². The van der Waals surface area contributed by atoms with E-state index in [0.29, 0.717) is 5.56 Å². The molecule has 0 aliphatic rings. The Morgan fingerprint density at radius 1 is 1.27 bits per heavy atom. The van der Waals surface area contributed by atoms with Gasteiger partial charge in [-0.05, 0) is 31.2 Å². The van der Waals surface area contributed by atoms with Crippen LogP contribution >= 0.6 is 0 Å². The van der Waals surface area contributed by atoms with Gasteiger partial charge in [-0.1, -0.05) is 0 Å². The van der Waals surface area contributed by atoms with Crippen molar-refractivity contribution >= 4 is 0 Å². The van der Waals surface area contributed by atoms with Gasteiger partial charge in [-0.15, -0.1) is 0 Å². The fourth-order valence-electron chi connectivity index (χ4n) is 1.87. The highest BCUT2D eigenvalue weighted by atomic mass is 19.4. The van der Waals surface area contributed by atoms with Gasteiger partial charge < -0.3 is 9.84 Å².